The molecule has 0 fully saturated rings. The molecule has 26 heavy (non-hydrogen) atoms. The van der Waals surface area contributed by atoms with Crippen LogP contribution in [0.1, 0.15) is 11.3 Å². The van der Waals surface area contributed by atoms with Gasteiger partial charge in [0.1, 0.15) is 5.75 Å². The smallest absolute Gasteiger partial charge is 0.122 e. The van der Waals surface area contributed by atoms with E-state index in [0.717, 1.165) is 30.1 Å². The molecule has 0 unspecified atom stereocenters. The number of rotatable bonds is 6. The fourth-order valence-electron chi connectivity index (χ4n) is 3.41. The first kappa shape index (κ1) is 18.2. The van der Waals surface area contributed by atoms with Crippen molar-refractivity contribution in [2.24, 2.45) is 7.05 Å². The van der Waals surface area contributed by atoms with E-state index in [4.69, 9.17) is 4.74 Å². The molecule has 2 aromatic carbocycles. The van der Waals surface area contributed by atoms with Gasteiger partial charge in [0.05, 0.1) is 18.5 Å². The second-order valence-electron chi connectivity index (χ2n) is 6.88. The van der Waals surface area contributed by atoms with Gasteiger partial charge in [-0.15, -0.1) is 0 Å². The molecule has 0 saturated heterocycles. The van der Waals surface area contributed by atoms with Gasteiger partial charge in [0.2, 0.25) is 0 Å². The summed E-state index contributed by atoms with van der Waals surface area (Å²) in [5.74, 6) is 0.941. The van der Waals surface area contributed by atoms with Crippen molar-refractivity contribution in [3.05, 3.63) is 59.8 Å². The zero-order chi connectivity index (χ0) is 18.7. The Kier molecular flexibility index (Phi) is 5.43. The maximum absolute atomic E-state index is 5.58. The molecule has 3 rings (SSSR count). The molecule has 136 valence electrons. The summed E-state index contributed by atoms with van der Waals surface area (Å²) >= 11 is 0. The van der Waals surface area contributed by atoms with E-state index in [2.05, 4.69) is 73.5 Å². The second-order valence-corrected chi connectivity index (χ2v) is 6.88. The predicted octanol–water partition coefficient (Wildman–Crippen LogP) is 4.18. The Balaban J connectivity index is 2.11. The monoisotopic (exact) mass is 349 g/mol. The van der Waals surface area contributed by atoms with Crippen LogP contribution in [0, 0.1) is 6.92 Å². The lowest BCUT2D eigenvalue weighted by atomic mass is 9.97. The fourth-order valence-corrected chi connectivity index (χ4v) is 3.41. The summed E-state index contributed by atoms with van der Waals surface area (Å²) in [4.78, 5) is 2.19. The van der Waals surface area contributed by atoms with E-state index in [1.54, 1.807) is 7.11 Å². The molecule has 3 aromatic rings. The van der Waals surface area contributed by atoms with Crippen molar-refractivity contribution in [2.75, 3.05) is 27.7 Å². The topological polar surface area (TPSA) is 30.3 Å². The summed E-state index contributed by atoms with van der Waals surface area (Å²) in [6, 6.07) is 16.9. The number of hydrogen-bond donors (Lipinski definition) is 0. The number of nitrogens with zero attached hydrogens (tertiary/aromatic N) is 3. The highest BCUT2D eigenvalue weighted by Crippen LogP contribution is 2.36. The third-order valence-electron chi connectivity index (χ3n) is 4.67. The number of hydrogen-bond acceptors (Lipinski definition) is 3. The van der Waals surface area contributed by atoms with Gasteiger partial charge in [-0.25, -0.2) is 0 Å². The maximum Gasteiger partial charge on any atom is 0.122 e. The summed E-state index contributed by atoms with van der Waals surface area (Å²) in [6.45, 7) is 3.05. The lowest BCUT2D eigenvalue weighted by molar-refractivity contribution is 0.392. The van der Waals surface area contributed by atoms with Crippen molar-refractivity contribution in [1.29, 1.82) is 0 Å². The number of benzene rings is 2. The van der Waals surface area contributed by atoms with Crippen molar-refractivity contribution in [1.82, 2.24) is 14.7 Å². The lowest BCUT2D eigenvalue weighted by Gasteiger charge is -2.15. The van der Waals surface area contributed by atoms with Crippen LogP contribution >= 0.6 is 0 Å². The standard InChI is InChI=1S/C22H27N3O/c1-16-21(17-9-7-6-8-10-17)22(25(4)23-16)19-11-12-20(26-5)18(15-19)13-14-24(2)3/h6-12,15H,13-14H2,1-5H3. The Morgan fingerprint density at radius 1 is 1.04 bits per heavy atom. The van der Waals surface area contributed by atoms with Crippen LogP contribution < -0.4 is 4.74 Å². The highest BCUT2D eigenvalue weighted by molar-refractivity contribution is 5.83. The molecule has 0 saturated carbocycles. The molecule has 0 aliphatic carbocycles. The minimum absolute atomic E-state index is 0.941. The first-order chi connectivity index (χ1) is 12.5. The van der Waals surface area contributed by atoms with Crippen LogP contribution in [0.25, 0.3) is 22.4 Å². The number of methoxy groups -OCH3 is 1. The molecule has 1 aromatic heterocycles. The Hall–Kier alpha value is -2.59. The Morgan fingerprint density at radius 2 is 1.77 bits per heavy atom. The van der Waals surface area contributed by atoms with Gasteiger partial charge in [-0.2, -0.15) is 5.10 Å². The van der Waals surface area contributed by atoms with Crippen molar-refractivity contribution in [3.63, 3.8) is 0 Å². The first-order valence-corrected chi connectivity index (χ1v) is 8.92. The van der Waals surface area contributed by atoms with E-state index in [-0.39, 0.29) is 0 Å². The third kappa shape index (κ3) is 3.65. The van der Waals surface area contributed by atoms with Gasteiger partial charge in [-0.1, -0.05) is 30.3 Å². The molecule has 1 heterocycles. The minimum atomic E-state index is 0.941. The van der Waals surface area contributed by atoms with Gasteiger partial charge in [-0.3, -0.25) is 4.68 Å². The van der Waals surface area contributed by atoms with E-state index >= 15 is 0 Å². The molecule has 0 spiro atoms. The zero-order valence-corrected chi connectivity index (χ0v) is 16.3. The summed E-state index contributed by atoms with van der Waals surface area (Å²) < 4.78 is 7.56. The first-order valence-electron chi connectivity index (χ1n) is 8.92. The number of ether oxygens (including phenoxy) is 1. The average Bonchev–Trinajstić information content (AvgIpc) is 2.94. The predicted molar refractivity (Wildman–Crippen MR) is 108 cm³/mol. The molecular formula is C22H27N3O. The molecule has 0 N–H and O–H groups in total. The van der Waals surface area contributed by atoms with Crippen molar-refractivity contribution in [2.45, 2.75) is 13.3 Å². The SMILES string of the molecule is COc1ccc(-c2c(-c3ccccc3)c(C)nn2C)cc1CCN(C)C. The quantitative estimate of drug-likeness (QED) is 0.669. The van der Waals surface area contributed by atoms with Crippen LogP contribution in [0.3, 0.4) is 0 Å². The van der Waals surface area contributed by atoms with Crippen LogP contribution in [0.2, 0.25) is 0 Å². The Morgan fingerprint density at radius 3 is 2.42 bits per heavy atom. The van der Waals surface area contributed by atoms with E-state index < -0.39 is 0 Å². The van der Waals surface area contributed by atoms with E-state index in [9.17, 15) is 0 Å². The number of likely N-dealkylation sites (N-methyl/N-ethyl adjacent to an activating group) is 1. The molecule has 0 aliphatic rings. The largest absolute Gasteiger partial charge is 0.496 e. The second kappa shape index (κ2) is 7.75. The average molecular weight is 349 g/mol. The van der Waals surface area contributed by atoms with Gasteiger partial charge >= 0.3 is 0 Å². The molecule has 0 bridgehead atoms. The summed E-state index contributed by atoms with van der Waals surface area (Å²) in [6.07, 6.45) is 0.946. The van der Waals surface area contributed by atoms with Crippen LogP contribution in [-0.4, -0.2) is 42.4 Å². The summed E-state index contributed by atoms with van der Waals surface area (Å²) in [5, 5.41) is 4.69. The van der Waals surface area contributed by atoms with Crippen molar-refractivity contribution >= 4 is 0 Å². The molecule has 4 nitrogen and oxygen atoms in total. The van der Waals surface area contributed by atoms with Crippen LogP contribution in [0.5, 0.6) is 5.75 Å². The normalized spacial score (nSPS) is 11.2. The molecule has 0 atom stereocenters. The van der Waals surface area contributed by atoms with Gasteiger partial charge < -0.3 is 9.64 Å². The van der Waals surface area contributed by atoms with Crippen molar-refractivity contribution < 1.29 is 4.74 Å². The highest BCUT2D eigenvalue weighted by atomic mass is 16.5. The molecule has 0 radical (unpaired) electrons. The zero-order valence-electron chi connectivity index (χ0n) is 16.3. The van der Waals surface area contributed by atoms with Crippen molar-refractivity contribution in [3.8, 4) is 28.1 Å². The minimum Gasteiger partial charge on any atom is -0.496 e. The summed E-state index contributed by atoms with van der Waals surface area (Å²) in [5.41, 5.74) is 6.95. The van der Waals surface area contributed by atoms with Crippen LogP contribution in [-0.2, 0) is 13.5 Å². The van der Waals surface area contributed by atoms with Gasteiger partial charge in [-0.05, 0) is 56.8 Å². The Labute approximate surface area is 156 Å². The van der Waals surface area contributed by atoms with Crippen LogP contribution in [0.15, 0.2) is 48.5 Å². The van der Waals surface area contributed by atoms with Gasteiger partial charge in [0, 0.05) is 24.7 Å². The van der Waals surface area contributed by atoms with E-state index in [1.165, 1.54) is 22.3 Å². The van der Waals surface area contributed by atoms with Crippen LogP contribution in [0.4, 0.5) is 0 Å². The highest BCUT2D eigenvalue weighted by Gasteiger charge is 2.18. The van der Waals surface area contributed by atoms with Gasteiger partial charge in [0.15, 0.2) is 0 Å². The Bertz CT molecular complexity index is 882. The molecule has 4 heteroatoms. The molecular weight excluding hydrogens is 322 g/mol. The van der Waals surface area contributed by atoms with E-state index in [1.807, 2.05) is 17.8 Å². The number of aryl methyl sites for hydroxylation is 2. The lowest BCUT2D eigenvalue weighted by Crippen LogP contribution is -2.15. The maximum atomic E-state index is 5.58. The fraction of sp³-hybridized carbons (Fsp3) is 0.318. The van der Waals surface area contributed by atoms with Gasteiger partial charge in [0.25, 0.3) is 0 Å². The number of aromatic nitrogens is 2. The summed E-state index contributed by atoms with van der Waals surface area (Å²) in [7, 11) is 7.93. The van der Waals surface area contributed by atoms with E-state index in [0.29, 0.717) is 0 Å². The molecule has 0 aliphatic heterocycles. The molecule has 0 amide bonds. The third-order valence-corrected chi connectivity index (χ3v) is 4.67.